The van der Waals surface area contributed by atoms with E-state index in [9.17, 15) is 9.59 Å². The molecule has 0 radical (unpaired) electrons. The van der Waals surface area contributed by atoms with Gasteiger partial charge in [-0.1, -0.05) is 23.3 Å². The number of carbonyl (C=O) groups is 2. The van der Waals surface area contributed by atoms with Gasteiger partial charge in [-0.05, 0) is 86.6 Å². The van der Waals surface area contributed by atoms with Crippen LogP contribution in [0.4, 0.5) is 0 Å². The SMILES string of the molecule is C#Cc1ccc(C#Cc2ccc(C(=O)OCC3(COc4ccc(OC)cc4)CC(=C(C)C)C(=O)O3)cc2)cc1. The molecule has 4 rings (SSSR count). The highest BCUT2D eigenvalue weighted by Crippen LogP contribution is 2.34. The number of terminal acetylenes is 1. The first-order chi connectivity index (χ1) is 18.8. The van der Waals surface area contributed by atoms with Crippen molar-refractivity contribution in [3.05, 3.63) is 106 Å². The third kappa shape index (κ3) is 6.89. The van der Waals surface area contributed by atoms with E-state index in [0.717, 1.165) is 22.3 Å². The second-order valence-corrected chi connectivity index (χ2v) is 9.32. The smallest absolute Gasteiger partial charge is 0.338 e. The molecule has 39 heavy (non-hydrogen) atoms. The van der Waals surface area contributed by atoms with Crippen LogP contribution in [-0.2, 0) is 14.3 Å². The van der Waals surface area contributed by atoms with Gasteiger partial charge in [-0.3, -0.25) is 0 Å². The molecule has 1 unspecified atom stereocenters. The van der Waals surface area contributed by atoms with Crippen LogP contribution in [0.15, 0.2) is 83.9 Å². The van der Waals surface area contributed by atoms with Crippen molar-refractivity contribution in [3.63, 3.8) is 0 Å². The van der Waals surface area contributed by atoms with Crippen molar-refractivity contribution in [2.75, 3.05) is 20.3 Å². The zero-order valence-corrected chi connectivity index (χ0v) is 22.1. The van der Waals surface area contributed by atoms with Gasteiger partial charge in [0, 0.05) is 28.7 Å². The number of hydrogen-bond donors (Lipinski definition) is 0. The molecular formula is C33H28O6. The second kappa shape index (κ2) is 12.1. The van der Waals surface area contributed by atoms with E-state index in [-0.39, 0.29) is 19.6 Å². The van der Waals surface area contributed by atoms with Crippen molar-refractivity contribution in [2.45, 2.75) is 25.9 Å². The largest absolute Gasteiger partial charge is 0.497 e. The number of methoxy groups -OCH3 is 1. The van der Waals surface area contributed by atoms with Crippen LogP contribution in [0.5, 0.6) is 11.5 Å². The van der Waals surface area contributed by atoms with Crippen LogP contribution in [0.3, 0.4) is 0 Å². The van der Waals surface area contributed by atoms with E-state index >= 15 is 0 Å². The summed E-state index contributed by atoms with van der Waals surface area (Å²) in [6.07, 6.45) is 5.65. The van der Waals surface area contributed by atoms with Gasteiger partial charge in [0.15, 0.2) is 5.60 Å². The number of benzene rings is 3. The predicted octanol–water partition coefficient (Wildman–Crippen LogP) is 5.33. The van der Waals surface area contributed by atoms with Gasteiger partial charge in [-0.25, -0.2) is 9.59 Å². The van der Waals surface area contributed by atoms with Gasteiger partial charge in [0.25, 0.3) is 0 Å². The molecule has 1 atom stereocenters. The van der Waals surface area contributed by atoms with Crippen molar-refractivity contribution in [2.24, 2.45) is 0 Å². The second-order valence-electron chi connectivity index (χ2n) is 9.32. The zero-order chi connectivity index (χ0) is 27.8. The highest BCUT2D eigenvalue weighted by Gasteiger charge is 2.46. The van der Waals surface area contributed by atoms with Gasteiger partial charge < -0.3 is 18.9 Å². The summed E-state index contributed by atoms with van der Waals surface area (Å²) in [6, 6.07) is 21.2. The first-order valence-electron chi connectivity index (χ1n) is 12.3. The molecule has 3 aromatic carbocycles. The van der Waals surface area contributed by atoms with Crippen molar-refractivity contribution in [1.29, 1.82) is 0 Å². The molecule has 3 aromatic rings. The molecule has 6 nitrogen and oxygen atoms in total. The summed E-state index contributed by atoms with van der Waals surface area (Å²) in [5.74, 6) is 9.01. The van der Waals surface area contributed by atoms with Crippen molar-refractivity contribution in [3.8, 4) is 35.7 Å². The summed E-state index contributed by atoms with van der Waals surface area (Å²) in [4.78, 5) is 25.4. The van der Waals surface area contributed by atoms with Crippen LogP contribution in [-0.4, -0.2) is 37.9 Å². The minimum absolute atomic E-state index is 0.0198. The van der Waals surface area contributed by atoms with E-state index in [2.05, 4.69) is 17.8 Å². The number of carbonyl (C=O) groups excluding carboxylic acids is 2. The molecule has 1 aliphatic heterocycles. The number of ether oxygens (including phenoxy) is 4. The van der Waals surface area contributed by atoms with E-state index in [1.807, 2.05) is 38.1 Å². The number of hydrogen-bond acceptors (Lipinski definition) is 6. The summed E-state index contributed by atoms with van der Waals surface area (Å²) >= 11 is 0. The monoisotopic (exact) mass is 520 g/mol. The fourth-order valence-corrected chi connectivity index (χ4v) is 3.92. The number of allylic oxidation sites excluding steroid dienone is 1. The molecule has 196 valence electrons. The lowest BCUT2D eigenvalue weighted by atomic mass is 9.97. The van der Waals surface area contributed by atoms with Gasteiger partial charge in [-0.2, -0.15) is 0 Å². The number of esters is 2. The fraction of sp³-hybridized carbons (Fsp3) is 0.212. The summed E-state index contributed by atoms with van der Waals surface area (Å²) in [6.45, 7) is 3.56. The third-order valence-corrected chi connectivity index (χ3v) is 6.21. The van der Waals surface area contributed by atoms with Gasteiger partial charge in [0.05, 0.1) is 12.7 Å². The summed E-state index contributed by atoms with van der Waals surface area (Å²) < 4.78 is 22.5. The van der Waals surface area contributed by atoms with Crippen molar-refractivity contribution < 1.29 is 28.5 Å². The Morgan fingerprint density at radius 3 is 1.97 bits per heavy atom. The zero-order valence-electron chi connectivity index (χ0n) is 22.1. The van der Waals surface area contributed by atoms with E-state index in [1.165, 1.54) is 0 Å². The summed E-state index contributed by atoms with van der Waals surface area (Å²) in [5, 5.41) is 0. The van der Waals surface area contributed by atoms with Gasteiger partial charge in [-0.15, -0.1) is 6.42 Å². The molecular weight excluding hydrogens is 492 g/mol. The highest BCUT2D eigenvalue weighted by molar-refractivity contribution is 5.92. The average Bonchev–Trinajstić information content (AvgIpc) is 3.31. The predicted molar refractivity (Wildman–Crippen MR) is 147 cm³/mol. The fourth-order valence-electron chi connectivity index (χ4n) is 3.92. The maximum absolute atomic E-state index is 12.9. The Labute approximate surface area is 228 Å². The molecule has 1 heterocycles. The molecule has 6 heteroatoms. The Hall–Kier alpha value is -4.94. The Bertz CT molecular complexity index is 1480. The van der Waals surface area contributed by atoms with E-state index < -0.39 is 17.5 Å². The Morgan fingerprint density at radius 2 is 1.44 bits per heavy atom. The minimum atomic E-state index is -1.14. The standard InChI is InChI=1S/C33H28O6/c1-5-24-6-8-25(9-7-24)10-11-26-12-14-27(15-13-26)31(34)38-22-33(20-30(23(2)3)32(35)39-33)21-37-29-18-16-28(36-4)17-19-29/h1,6-9,12-19H,20-22H2,2-4H3. The van der Waals surface area contributed by atoms with Crippen LogP contribution in [0, 0.1) is 24.2 Å². The molecule has 0 aliphatic carbocycles. The number of rotatable bonds is 7. The molecule has 0 bridgehead atoms. The summed E-state index contributed by atoms with van der Waals surface area (Å²) in [7, 11) is 1.58. The van der Waals surface area contributed by atoms with Crippen LogP contribution in [0.2, 0.25) is 0 Å². The maximum atomic E-state index is 12.9. The van der Waals surface area contributed by atoms with Crippen molar-refractivity contribution in [1.82, 2.24) is 0 Å². The van der Waals surface area contributed by atoms with E-state index in [1.54, 1.807) is 55.6 Å². The molecule has 0 amide bonds. The van der Waals surface area contributed by atoms with Crippen LogP contribution < -0.4 is 9.47 Å². The molecule has 0 saturated carbocycles. The van der Waals surface area contributed by atoms with Gasteiger partial charge in [0.1, 0.15) is 24.7 Å². The van der Waals surface area contributed by atoms with Gasteiger partial charge >= 0.3 is 11.9 Å². The topological polar surface area (TPSA) is 71.1 Å². The number of cyclic esters (lactones) is 1. The molecule has 0 spiro atoms. The normalized spacial score (nSPS) is 15.8. The minimum Gasteiger partial charge on any atom is -0.497 e. The van der Waals surface area contributed by atoms with Crippen molar-refractivity contribution >= 4 is 11.9 Å². The maximum Gasteiger partial charge on any atom is 0.338 e. The average molecular weight is 521 g/mol. The van der Waals surface area contributed by atoms with Gasteiger partial charge in [0.2, 0.25) is 0 Å². The molecule has 0 N–H and O–H groups in total. The van der Waals surface area contributed by atoms with E-state index in [4.69, 9.17) is 25.4 Å². The van der Waals surface area contributed by atoms with E-state index in [0.29, 0.717) is 22.6 Å². The first-order valence-corrected chi connectivity index (χ1v) is 12.3. The van der Waals surface area contributed by atoms with Crippen LogP contribution >= 0.6 is 0 Å². The lowest BCUT2D eigenvalue weighted by molar-refractivity contribution is -0.153. The lowest BCUT2D eigenvalue weighted by Gasteiger charge is -2.27. The van der Waals surface area contributed by atoms with Crippen LogP contribution in [0.25, 0.3) is 0 Å². The lowest BCUT2D eigenvalue weighted by Crippen LogP contribution is -2.41. The molecule has 0 aromatic heterocycles. The Balaban J connectivity index is 1.42. The first kappa shape index (κ1) is 27.1. The Morgan fingerprint density at radius 1 is 0.872 bits per heavy atom. The molecule has 1 saturated heterocycles. The third-order valence-electron chi connectivity index (χ3n) is 6.21. The summed E-state index contributed by atoms with van der Waals surface area (Å²) in [5.41, 5.74) is 3.00. The molecule has 1 fully saturated rings. The Kier molecular flexibility index (Phi) is 8.39. The quantitative estimate of drug-likeness (QED) is 0.238. The highest BCUT2D eigenvalue weighted by atomic mass is 16.6. The van der Waals surface area contributed by atoms with Crippen LogP contribution in [0.1, 0.15) is 47.3 Å². The molecule has 1 aliphatic rings.